The molecule has 0 radical (unpaired) electrons. The van der Waals surface area contributed by atoms with Crippen LogP contribution in [0.15, 0.2) is 243 Å². The highest BCUT2D eigenvalue weighted by molar-refractivity contribution is 5.77. The Bertz CT molecular complexity index is 3580. The van der Waals surface area contributed by atoms with Gasteiger partial charge < -0.3 is 52.1 Å². The number of methoxy groups -OCH3 is 2. The van der Waals surface area contributed by atoms with Crippen molar-refractivity contribution in [2.45, 2.75) is 227 Å². The van der Waals surface area contributed by atoms with Crippen molar-refractivity contribution in [1.82, 2.24) is 0 Å². The zero-order valence-electron chi connectivity index (χ0n) is 71.0. The fourth-order valence-electron chi connectivity index (χ4n) is 15.0. The van der Waals surface area contributed by atoms with Gasteiger partial charge in [-0.2, -0.15) is 0 Å². The number of rotatable bonds is 16. The van der Waals surface area contributed by atoms with E-state index in [1.807, 2.05) is 51.1 Å². The van der Waals surface area contributed by atoms with Crippen LogP contribution in [0.25, 0.3) is 0 Å². The summed E-state index contributed by atoms with van der Waals surface area (Å²) in [5.41, 5.74) is 9.25. The average Bonchev–Trinajstić information content (AvgIpc) is 1.53. The Balaban J connectivity index is 0.000000191. The molecule has 6 aliphatic heterocycles. The number of carbonyl (C=O) groups is 2. The van der Waals surface area contributed by atoms with E-state index in [0.29, 0.717) is 55.4 Å². The van der Waals surface area contributed by atoms with Crippen LogP contribution in [0.4, 0.5) is 0 Å². The van der Waals surface area contributed by atoms with Gasteiger partial charge in [0, 0.05) is 35.9 Å². The van der Waals surface area contributed by atoms with Crippen LogP contribution in [0.2, 0.25) is 0 Å². The summed E-state index contributed by atoms with van der Waals surface area (Å²) in [6.07, 6.45) is 2.64. The predicted molar refractivity (Wildman–Crippen MR) is 452 cm³/mol. The molecule has 0 aliphatic carbocycles. The van der Waals surface area contributed by atoms with Crippen molar-refractivity contribution >= 4 is 11.9 Å². The number of hydrogen-bond donors (Lipinski definition) is 0. The SMILES string of the molecule is CC(C)C(C)c1ccccc1.CC(c1ccccc1)C(C)c1ccccc1.CC1(C)OC(C(C)(c2ccccc2)c2ccccc2)C(C(C)(c2ccccc2)c2ccccc2)O1.CC1COC2C(C)COC12.CC1COCC1C.CCC1OCOC2C(CC)OCOC12.COC(=O)C(C)C.COC(=O)C(C)c1ccccc1. The van der Waals surface area contributed by atoms with E-state index < -0.39 is 16.6 Å². The van der Waals surface area contributed by atoms with Crippen LogP contribution in [0.5, 0.6) is 0 Å². The molecule has 0 amide bonds. The highest BCUT2D eigenvalue weighted by atomic mass is 16.8. The zero-order chi connectivity index (χ0) is 81.4. The number of hydrogen-bond acceptors (Lipinski definition) is 13. The van der Waals surface area contributed by atoms with Gasteiger partial charge in [0.2, 0.25) is 0 Å². The summed E-state index contributed by atoms with van der Waals surface area (Å²) in [4.78, 5) is 21.4. The van der Waals surface area contributed by atoms with E-state index in [-0.39, 0.29) is 60.4 Å². The van der Waals surface area contributed by atoms with Crippen LogP contribution in [0.1, 0.15) is 206 Å². The summed E-state index contributed by atoms with van der Waals surface area (Å²) in [6, 6.07) is 84.6. The maximum absolute atomic E-state index is 11.1. The molecule has 8 aromatic rings. The van der Waals surface area contributed by atoms with Crippen LogP contribution >= 0.6 is 0 Å². The zero-order valence-corrected chi connectivity index (χ0v) is 71.0. The Labute approximate surface area is 673 Å². The fraction of sp³-hybridized carbons (Fsp3) is 0.495. The van der Waals surface area contributed by atoms with Crippen molar-refractivity contribution in [3.63, 3.8) is 0 Å². The van der Waals surface area contributed by atoms with E-state index in [9.17, 15) is 9.59 Å². The molecule has 0 aromatic heterocycles. The topological polar surface area (TPSA) is 136 Å². The first kappa shape index (κ1) is 91.5. The summed E-state index contributed by atoms with van der Waals surface area (Å²) < 4.78 is 61.2. The lowest BCUT2D eigenvalue weighted by molar-refractivity contribution is -0.322. The molecule has 16 unspecified atom stereocenters. The summed E-state index contributed by atoms with van der Waals surface area (Å²) in [6.45, 7) is 43.0. The number of carbonyl (C=O) groups excluding carboxylic acids is 2. The molecule has 0 spiro atoms. The van der Waals surface area contributed by atoms with Gasteiger partial charge in [-0.25, -0.2) is 0 Å². The number of esters is 2. The molecule has 608 valence electrons. The number of ether oxygens (including phenoxy) is 11. The largest absolute Gasteiger partial charge is 0.469 e. The molecule has 13 nitrogen and oxygen atoms in total. The van der Waals surface area contributed by atoms with Gasteiger partial charge in [0.05, 0.1) is 63.7 Å². The maximum atomic E-state index is 11.1. The van der Waals surface area contributed by atoms with Gasteiger partial charge in [0.25, 0.3) is 0 Å². The Morgan fingerprint density at radius 2 is 0.661 bits per heavy atom. The summed E-state index contributed by atoms with van der Waals surface area (Å²) >= 11 is 0. The Hall–Kier alpha value is -7.66. The molecular formula is C99H134O13. The smallest absolute Gasteiger partial charge is 0.312 e. The summed E-state index contributed by atoms with van der Waals surface area (Å²) in [5, 5.41) is 0. The van der Waals surface area contributed by atoms with Crippen molar-refractivity contribution in [3.05, 3.63) is 287 Å². The van der Waals surface area contributed by atoms with Crippen molar-refractivity contribution in [2.24, 2.45) is 35.5 Å². The summed E-state index contributed by atoms with van der Waals surface area (Å²) in [7, 11) is 2.80. The van der Waals surface area contributed by atoms with Gasteiger partial charge in [-0.05, 0) is 127 Å². The van der Waals surface area contributed by atoms with Gasteiger partial charge in [-0.3, -0.25) is 9.59 Å². The molecule has 0 saturated carbocycles. The molecule has 6 saturated heterocycles. The molecule has 0 bridgehead atoms. The minimum absolute atomic E-state index is 0.00463. The molecule has 6 heterocycles. The standard InChI is InChI=1S/C33H34O2.C16H18.C11H16.C10H18O4.C10H12O2.C8H14O2.C6H12O.C5H10O2/c1-31(2)34-29(32(3,25-17-9-5-10-18-25)26-19-11-6-12-20-26)30(35-31)33(4,27-21-13-7-14-22-27)28-23-15-8-16-24-28;1-13(15-9-5-3-6-10-15)14(2)16-11-7-4-8-12-16;1-9(2)10(3)11-7-5-4-6-8-11;1-3-7-9-10(14-5-11-7)8(4-2)12-6-13-9;1-8(10(11)12-2)9-6-4-3-5-7-9;1-5-3-9-8-6(2)4-10-7(5)8;1-5-3-7-4-6(5)2;1-4(2)5(6)7-3/h5-24,29-30H,1-4H3;3-14H,1-2H3;4-10H,1-3H3;7-10H,3-6H2,1-2H3;3-8H,1-2H3;5-8H,3-4H2,1-2H3;5-6H,3-4H2,1-2H3;4H,1-3H3. The lowest BCUT2D eigenvalue weighted by Gasteiger charge is -2.44. The van der Waals surface area contributed by atoms with E-state index in [2.05, 4.69) is 312 Å². The highest BCUT2D eigenvalue weighted by Gasteiger charge is 2.59. The maximum Gasteiger partial charge on any atom is 0.312 e. The molecule has 6 aliphatic rings. The van der Waals surface area contributed by atoms with E-state index in [0.717, 1.165) is 62.6 Å². The molecule has 13 heteroatoms. The third kappa shape index (κ3) is 25.7. The van der Waals surface area contributed by atoms with E-state index >= 15 is 0 Å². The van der Waals surface area contributed by atoms with Crippen LogP contribution < -0.4 is 0 Å². The fourth-order valence-corrected chi connectivity index (χ4v) is 15.0. The highest BCUT2D eigenvalue weighted by Crippen LogP contribution is 2.52. The first-order valence-electron chi connectivity index (χ1n) is 41.0. The normalized spacial score (nSPS) is 24.3. The quantitative estimate of drug-likeness (QED) is 0.0850. The Kier molecular flexibility index (Phi) is 37.6. The minimum atomic E-state index is -0.731. The lowest BCUT2D eigenvalue weighted by Crippen LogP contribution is -2.56. The molecule has 14 rings (SSSR count). The van der Waals surface area contributed by atoms with Crippen molar-refractivity contribution < 1.29 is 61.7 Å². The van der Waals surface area contributed by atoms with Crippen LogP contribution in [0, 0.1) is 35.5 Å². The first-order chi connectivity index (χ1) is 53.7. The first-order valence-corrected chi connectivity index (χ1v) is 41.0. The van der Waals surface area contributed by atoms with Crippen LogP contribution in [-0.2, 0) is 72.5 Å². The second-order valence-corrected chi connectivity index (χ2v) is 32.3. The third-order valence-corrected chi connectivity index (χ3v) is 23.2. The third-order valence-electron chi connectivity index (χ3n) is 23.2. The van der Waals surface area contributed by atoms with E-state index in [1.165, 1.54) is 53.2 Å². The van der Waals surface area contributed by atoms with Gasteiger partial charge in [0.1, 0.15) is 38.0 Å². The van der Waals surface area contributed by atoms with Crippen molar-refractivity contribution in [3.8, 4) is 0 Å². The van der Waals surface area contributed by atoms with Gasteiger partial charge in [-0.15, -0.1) is 0 Å². The molecule has 0 N–H and O–H groups in total. The van der Waals surface area contributed by atoms with Gasteiger partial charge >= 0.3 is 11.9 Å². The Morgan fingerprint density at radius 1 is 0.375 bits per heavy atom. The van der Waals surface area contributed by atoms with Crippen molar-refractivity contribution in [2.75, 3.05) is 54.2 Å². The second kappa shape index (κ2) is 46.0. The molecule has 16 atom stereocenters. The molecular weight excluding hydrogens is 1400 g/mol. The minimum Gasteiger partial charge on any atom is -0.469 e. The number of benzene rings is 8. The second-order valence-electron chi connectivity index (χ2n) is 32.3. The van der Waals surface area contributed by atoms with Gasteiger partial charge in [0.15, 0.2) is 5.79 Å². The monoisotopic (exact) mass is 1530 g/mol. The predicted octanol–water partition coefficient (Wildman–Crippen LogP) is 22.0. The molecule has 6 fully saturated rings. The molecule has 8 aromatic carbocycles. The average molecular weight is 1530 g/mol. The number of fused-ring (bicyclic) bond motifs is 2. The Morgan fingerprint density at radius 3 is 0.911 bits per heavy atom. The van der Waals surface area contributed by atoms with Gasteiger partial charge in [-0.1, -0.05) is 333 Å². The summed E-state index contributed by atoms with van der Waals surface area (Å²) in [5.74, 6) is 4.08. The van der Waals surface area contributed by atoms with E-state index in [4.69, 9.17) is 42.6 Å². The van der Waals surface area contributed by atoms with E-state index in [1.54, 1.807) is 13.8 Å². The van der Waals surface area contributed by atoms with Crippen LogP contribution in [-0.4, -0.2) is 121 Å². The molecule has 112 heavy (non-hydrogen) atoms. The van der Waals surface area contributed by atoms with Crippen LogP contribution in [0.3, 0.4) is 0 Å². The van der Waals surface area contributed by atoms with Crippen molar-refractivity contribution in [1.29, 1.82) is 0 Å². The lowest BCUT2D eigenvalue weighted by atomic mass is 9.62.